The van der Waals surface area contributed by atoms with Crippen molar-refractivity contribution in [1.29, 1.82) is 10.5 Å². The van der Waals surface area contributed by atoms with Gasteiger partial charge in [-0.1, -0.05) is 117 Å². The number of hydrogen-bond acceptors (Lipinski definition) is 5. The quantitative estimate of drug-likeness (QED) is 0.145. The summed E-state index contributed by atoms with van der Waals surface area (Å²) in [4.78, 5) is 4.14. The fourth-order valence-corrected chi connectivity index (χ4v) is 8.75. The van der Waals surface area contributed by atoms with Crippen LogP contribution in [0.2, 0.25) is 0 Å². The molecule has 0 fully saturated rings. The molecule has 0 saturated heterocycles. The Kier molecular flexibility index (Phi) is 9.17. The van der Waals surface area contributed by atoms with Gasteiger partial charge < -0.3 is 9.64 Å². The Morgan fingerprint density at radius 1 is 0.686 bits per heavy atom. The smallest absolute Gasteiger partial charge is 0.172 e. The van der Waals surface area contributed by atoms with E-state index in [1.807, 2.05) is 56.3 Å². The van der Waals surface area contributed by atoms with Gasteiger partial charge in [-0.15, -0.1) is 0 Å². The molecule has 250 valence electrons. The molecule has 0 aromatic heterocycles. The van der Waals surface area contributed by atoms with Crippen LogP contribution in [0.15, 0.2) is 160 Å². The van der Waals surface area contributed by atoms with Crippen LogP contribution >= 0.6 is 11.8 Å². The topological polar surface area (TPSA) is 60.1 Å². The average molecular weight is 682 g/mol. The number of benzene rings is 5. The zero-order valence-electron chi connectivity index (χ0n) is 29.4. The van der Waals surface area contributed by atoms with E-state index in [9.17, 15) is 10.5 Å². The number of ether oxygens (including phenoxy) is 1. The molecule has 4 nitrogen and oxygen atoms in total. The first-order valence-corrected chi connectivity index (χ1v) is 18.2. The van der Waals surface area contributed by atoms with Crippen LogP contribution in [0.1, 0.15) is 57.2 Å². The van der Waals surface area contributed by atoms with E-state index in [2.05, 4.69) is 128 Å². The molecule has 0 spiro atoms. The van der Waals surface area contributed by atoms with Crippen LogP contribution in [0.5, 0.6) is 0 Å². The molecule has 0 radical (unpaired) electrons. The van der Waals surface area contributed by atoms with E-state index in [-0.39, 0.29) is 11.0 Å². The van der Waals surface area contributed by atoms with Crippen LogP contribution in [0.4, 0.5) is 17.1 Å². The average Bonchev–Trinajstić information content (AvgIpc) is 3.58. The number of thioether (sulfide) groups is 1. The predicted molar refractivity (Wildman–Crippen MR) is 210 cm³/mol. The zero-order valence-corrected chi connectivity index (χ0v) is 30.2. The van der Waals surface area contributed by atoms with Crippen molar-refractivity contribution < 1.29 is 4.74 Å². The molecule has 5 aromatic rings. The molecule has 1 aliphatic carbocycles. The van der Waals surface area contributed by atoms with Crippen LogP contribution in [0.3, 0.4) is 0 Å². The summed E-state index contributed by atoms with van der Waals surface area (Å²) in [6.45, 7) is 8.58. The fourth-order valence-electron chi connectivity index (χ4n) is 7.56. The molecule has 0 bridgehead atoms. The van der Waals surface area contributed by atoms with E-state index >= 15 is 0 Å². The zero-order chi connectivity index (χ0) is 35.6. The van der Waals surface area contributed by atoms with Crippen molar-refractivity contribution in [2.45, 2.75) is 56.4 Å². The van der Waals surface area contributed by atoms with Crippen molar-refractivity contribution in [2.75, 3.05) is 4.90 Å². The normalized spacial score (nSPS) is 15.1. The third-order valence-corrected chi connectivity index (χ3v) is 11.3. The molecule has 7 rings (SSSR count). The van der Waals surface area contributed by atoms with E-state index in [0.29, 0.717) is 5.76 Å². The second-order valence-corrected chi connectivity index (χ2v) is 14.4. The third kappa shape index (κ3) is 6.05. The van der Waals surface area contributed by atoms with Gasteiger partial charge in [-0.2, -0.15) is 10.5 Å². The van der Waals surface area contributed by atoms with Crippen LogP contribution in [0.25, 0.3) is 17.2 Å². The lowest BCUT2D eigenvalue weighted by atomic mass is 9.73. The summed E-state index contributed by atoms with van der Waals surface area (Å²) in [7, 11) is 0. The SMILES string of the molecule is CCC1(CC)c2cc(/C=C/C3=C(Sc4ccccc4)C(=C(C#N)C#N)OC3(C)C)ccc2-c2ccc(N(c3ccccc3)c3ccccc3)cc21. The lowest BCUT2D eigenvalue weighted by Gasteiger charge is -2.32. The monoisotopic (exact) mass is 681 g/mol. The molecule has 0 atom stereocenters. The number of nitriles is 2. The molecule has 0 saturated carbocycles. The van der Waals surface area contributed by atoms with E-state index in [4.69, 9.17) is 4.74 Å². The van der Waals surface area contributed by atoms with Crippen molar-refractivity contribution in [2.24, 2.45) is 0 Å². The van der Waals surface area contributed by atoms with Crippen molar-refractivity contribution in [3.05, 3.63) is 172 Å². The van der Waals surface area contributed by atoms with Crippen molar-refractivity contribution in [3.8, 4) is 23.3 Å². The highest BCUT2D eigenvalue weighted by Crippen LogP contribution is 2.55. The summed E-state index contributed by atoms with van der Waals surface area (Å²) in [6.07, 6.45) is 6.19. The first-order valence-electron chi connectivity index (χ1n) is 17.4. The summed E-state index contributed by atoms with van der Waals surface area (Å²) in [6, 6.07) is 49.0. The van der Waals surface area contributed by atoms with Crippen molar-refractivity contribution in [1.82, 2.24) is 0 Å². The fraction of sp³-hybridized carbons (Fsp3) is 0.174. The Morgan fingerprint density at radius 3 is 1.80 bits per heavy atom. The van der Waals surface area contributed by atoms with Crippen molar-refractivity contribution >= 4 is 34.9 Å². The standard InChI is InChI=1S/C46H39N3OS/c1-5-46(6-2)41-28-32(23-27-40-44(51-37-20-14-9-15-21-37)43(33(30-47)31-48)50-45(40,3)4)22-25-38(41)39-26-24-36(29-42(39)46)49(34-16-10-7-11-17-34)35-18-12-8-13-19-35/h7-29H,5-6H2,1-4H3/b27-23+. The first-order chi connectivity index (χ1) is 24.8. The van der Waals surface area contributed by atoms with Gasteiger partial charge in [-0.05, 0) is 103 Å². The molecule has 5 aromatic carbocycles. The molecular weight excluding hydrogens is 643 g/mol. The summed E-state index contributed by atoms with van der Waals surface area (Å²) >= 11 is 1.52. The molecule has 0 N–H and O–H groups in total. The lowest BCUT2D eigenvalue weighted by molar-refractivity contribution is 0.0957. The van der Waals surface area contributed by atoms with Crippen LogP contribution < -0.4 is 4.90 Å². The maximum Gasteiger partial charge on any atom is 0.172 e. The first kappa shape index (κ1) is 33.7. The Bertz CT molecular complexity index is 2210. The maximum atomic E-state index is 9.80. The third-order valence-electron chi connectivity index (χ3n) is 10.2. The molecule has 2 aliphatic rings. The minimum absolute atomic E-state index is 0.0201. The number of nitrogens with zero attached hydrogens (tertiary/aromatic N) is 3. The van der Waals surface area contributed by atoms with Crippen molar-refractivity contribution in [3.63, 3.8) is 0 Å². The molecule has 0 amide bonds. The number of hydrogen-bond donors (Lipinski definition) is 0. The minimum Gasteiger partial charge on any atom is -0.480 e. The number of rotatable bonds is 9. The lowest BCUT2D eigenvalue weighted by Crippen LogP contribution is -2.23. The Morgan fingerprint density at radius 2 is 1.24 bits per heavy atom. The van der Waals surface area contributed by atoms with Gasteiger partial charge in [0.25, 0.3) is 0 Å². The van der Waals surface area contributed by atoms with Gasteiger partial charge in [-0.3, -0.25) is 0 Å². The van der Waals surface area contributed by atoms with Gasteiger partial charge in [0, 0.05) is 32.9 Å². The summed E-state index contributed by atoms with van der Waals surface area (Å²) in [5.74, 6) is 0.342. The largest absolute Gasteiger partial charge is 0.480 e. The summed E-state index contributed by atoms with van der Waals surface area (Å²) < 4.78 is 6.34. The molecule has 1 heterocycles. The van der Waals surface area contributed by atoms with Gasteiger partial charge in [0.05, 0.1) is 4.91 Å². The second-order valence-electron chi connectivity index (χ2n) is 13.4. The number of fused-ring (bicyclic) bond motifs is 3. The Balaban J connectivity index is 1.31. The van der Waals surface area contributed by atoms with Crippen LogP contribution in [-0.4, -0.2) is 5.60 Å². The number of allylic oxidation sites excluding steroid dienone is 1. The number of para-hydroxylation sites is 2. The highest BCUT2D eigenvalue weighted by atomic mass is 32.2. The maximum absolute atomic E-state index is 9.80. The van der Waals surface area contributed by atoms with Gasteiger partial charge in [0.1, 0.15) is 17.7 Å². The van der Waals surface area contributed by atoms with Gasteiger partial charge >= 0.3 is 0 Å². The summed E-state index contributed by atoms with van der Waals surface area (Å²) in [5, 5.41) is 19.6. The summed E-state index contributed by atoms with van der Waals surface area (Å²) in [5.41, 5.74) is 9.80. The van der Waals surface area contributed by atoms with E-state index in [0.717, 1.165) is 50.8 Å². The highest BCUT2D eigenvalue weighted by molar-refractivity contribution is 8.03. The molecule has 1 aliphatic heterocycles. The van der Waals surface area contributed by atoms with E-state index in [1.54, 1.807) is 0 Å². The minimum atomic E-state index is -0.731. The second kappa shape index (κ2) is 13.9. The van der Waals surface area contributed by atoms with Crippen LogP contribution in [0, 0.1) is 22.7 Å². The van der Waals surface area contributed by atoms with Crippen LogP contribution in [-0.2, 0) is 10.2 Å². The molecule has 51 heavy (non-hydrogen) atoms. The number of anilines is 3. The predicted octanol–water partition coefficient (Wildman–Crippen LogP) is 12.4. The highest BCUT2D eigenvalue weighted by Gasteiger charge is 2.42. The van der Waals surface area contributed by atoms with Gasteiger partial charge in [0.15, 0.2) is 11.3 Å². The molecule has 0 unspecified atom stereocenters. The molecular formula is C46H39N3OS. The Labute approximate surface area is 305 Å². The van der Waals surface area contributed by atoms with E-state index in [1.165, 1.54) is 34.0 Å². The Hall–Kier alpha value is -5.75. The van der Waals surface area contributed by atoms with Gasteiger partial charge in [-0.25, -0.2) is 0 Å². The van der Waals surface area contributed by atoms with Gasteiger partial charge in [0.2, 0.25) is 0 Å². The van der Waals surface area contributed by atoms with E-state index < -0.39 is 5.60 Å². The molecule has 5 heteroatoms.